The summed E-state index contributed by atoms with van der Waals surface area (Å²) in [5.41, 5.74) is -1.18. The molecule has 0 radical (unpaired) electrons. The van der Waals surface area contributed by atoms with Crippen LogP contribution in [0.5, 0.6) is 0 Å². The number of aliphatic carboxylic acids is 1. The van der Waals surface area contributed by atoms with Crippen molar-refractivity contribution in [3.05, 3.63) is 32.8 Å². The fourth-order valence-corrected chi connectivity index (χ4v) is 5.52. The van der Waals surface area contributed by atoms with E-state index in [0.717, 1.165) is 6.42 Å². The van der Waals surface area contributed by atoms with Crippen molar-refractivity contribution < 1.29 is 19.5 Å². The van der Waals surface area contributed by atoms with Crippen molar-refractivity contribution in [2.75, 3.05) is 6.54 Å². The van der Waals surface area contributed by atoms with E-state index in [1.807, 2.05) is 13.8 Å². The Morgan fingerprint density at radius 3 is 2.47 bits per heavy atom. The second-order valence-corrected chi connectivity index (χ2v) is 9.30. The Bertz CT molecular complexity index is 893. The van der Waals surface area contributed by atoms with Crippen molar-refractivity contribution in [1.29, 1.82) is 0 Å². The molecule has 2 amide bonds. The number of likely N-dealkylation sites (tertiary alicyclic amines) is 1. The summed E-state index contributed by atoms with van der Waals surface area (Å²) in [5.74, 6) is -4.32. The van der Waals surface area contributed by atoms with Gasteiger partial charge in [-0.1, -0.05) is 68.4 Å². The second kappa shape index (κ2) is 8.65. The van der Waals surface area contributed by atoms with Crippen LogP contribution in [0.4, 0.5) is 0 Å². The number of carboxylic acid groups (broad SMARTS) is 1. The lowest BCUT2D eigenvalue weighted by Gasteiger charge is -2.36. The number of benzene rings is 1. The molecule has 164 valence electrons. The van der Waals surface area contributed by atoms with Crippen LogP contribution < -0.4 is 5.32 Å². The monoisotopic (exact) mass is 474 g/mol. The third-order valence-electron chi connectivity index (χ3n) is 6.52. The first kappa shape index (κ1) is 23.3. The van der Waals surface area contributed by atoms with Gasteiger partial charge in [0.05, 0.1) is 21.9 Å². The highest BCUT2D eigenvalue weighted by Gasteiger charge is 2.69. The number of amides is 2. The van der Waals surface area contributed by atoms with Gasteiger partial charge < -0.3 is 5.11 Å². The first-order chi connectivity index (χ1) is 14.1. The van der Waals surface area contributed by atoms with Gasteiger partial charge in [0.1, 0.15) is 5.54 Å². The molecule has 2 saturated heterocycles. The second-order valence-electron chi connectivity index (χ2n) is 8.08. The summed E-state index contributed by atoms with van der Waals surface area (Å²) in [6, 6.07) is 2.26. The minimum Gasteiger partial charge on any atom is -0.480 e. The van der Waals surface area contributed by atoms with Gasteiger partial charge in [-0.25, -0.2) is 0 Å². The molecule has 2 fully saturated rings. The molecular formula is C21H25Cl3N2O4. The van der Waals surface area contributed by atoms with E-state index >= 15 is 0 Å². The van der Waals surface area contributed by atoms with Crippen LogP contribution in [0.15, 0.2) is 12.1 Å². The Hall–Kier alpha value is -1.34. The number of hydrogen-bond donors (Lipinski definition) is 2. The highest BCUT2D eigenvalue weighted by Crippen LogP contribution is 2.53. The number of carboxylic acids is 1. The van der Waals surface area contributed by atoms with E-state index in [-0.39, 0.29) is 22.5 Å². The molecule has 9 heteroatoms. The van der Waals surface area contributed by atoms with E-state index in [0.29, 0.717) is 23.4 Å². The molecule has 1 aromatic rings. The van der Waals surface area contributed by atoms with E-state index in [2.05, 4.69) is 5.32 Å². The van der Waals surface area contributed by atoms with Crippen LogP contribution >= 0.6 is 34.8 Å². The molecule has 3 rings (SSSR count). The zero-order chi connectivity index (χ0) is 22.4. The number of imide groups is 1. The van der Waals surface area contributed by atoms with Gasteiger partial charge in [-0.15, -0.1) is 0 Å². The van der Waals surface area contributed by atoms with Gasteiger partial charge in [-0.05, 0) is 30.0 Å². The molecule has 0 aliphatic carbocycles. The van der Waals surface area contributed by atoms with Crippen LogP contribution in [0.3, 0.4) is 0 Å². The van der Waals surface area contributed by atoms with Gasteiger partial charge in [0.25, 0.3) is 0 Å². The van der Waals surface area contributed by atoms with Crippen LogP contribution in [0.25, 0.3) is 0 Å². The predicted octanol–water partition coefficient (Wildman–Crippen LogP) is 4.56. The maximum atomic E-state index is 13.4. The molecule has 0 spiro atoms. The smallest absolute Gasteiger partial charge is 0.325 e. The molecule has 5 atom stereocenters. The van der Waals surface area contributed by atoms with Crippen molar-refractivity contribution in [1.82, 2.24) is 10.2 Å². The Kier molecular flexibility index (Phi) is 6.73. The molecule has 2 N–H and O–H groups in total. The SMILES string of the molecule is CCCCN1C(=O)C2C(c3cc(Cl)cc(Cl)c3Cl)NC(C(=O)O)(C(C)CC)C2C1=O. The molecule has 0 aromatic heterocycles. The Morgan fingerprint density at radius 2 is 1.90 bits per heavy atom. The van der Waals surface area contributed by atoms with Crippen molar-refractivity contribution in [3.63, 3.8) is 0 Å². The molecule has 1 aromatic carbocycles. The van der Waals surface area contributed by atoms with Crippen molar-refractivity contribution >= 4 is 52.6 Å². The number of nitrogens with one attached hydrogen (secondary N) is 1. The van der Waals surface area contributed by atoms with Crippen molar-refractivity contribution in [3.8, 4) is 0 Å². The minimum atomic E-state index is -1.60. The van der Waals surface area contributed by atoms with Gasteiger partial charge >= 0.3 is 5.97 Å². The average molecular weight is 476 g/mol. The van der Waals surface area contributed by atoms with Crippen LogP contribution in [0.1, 0.15) is 51.6 Å². The number of nitrogens with zero attached hydrogens (tertiary/aromatic N) is 1. The van der Waals surface area contributed by atoms with Crippen molar-refractivity contribution in [2.24, 2.45) is 17.8 Å². The molecule has 2 aliphatic rings. The van der Waals surface area contributed by atoms with E-state index < -0.39 is 41.2 Å². The fourth-order valence-electron chi connectivity index (χ4n) is 4.79. The Labute approximate surface area is 190 Å². The van der Waals surface area contributed by atoms with Gasteiger partial charge in [0, 0.05) is 17.6 Å². The van der Waals surface area contributed by atoms with Gasteiger partial charge in [0.2, 0.25) is 11.8 Å². The Morgan fingerprint density at radius 1 is 1.23 bits per heavy atom. The van der Waals surface area contributed by atoms with E-state index in [4.69, 9.17) is 34.8 Å². The van der Waals surface area contributed by atoms with Gasteiger partial charge in [-0.3, -0.25) is 24.6 Å². The molecular weight excluding hydrogens is 451 g/mol. The summed E-state index contributed by atoms with van der Waals surface area (Å²) in [6.07, 6.45) is 1.97. The number of carbonyl (C=O) groups is 3. The fraction of sp³-hybridized carbons (Fsp3) is 0.571. The zero-order valence-electron chi connectivity index (χ0n) is 17.0. The quantitative estimate of drug-likeness (QED) is 0.446. The number of rotatable bonds is 7. The lowest BCUT2D eigenvalue weighted by Crippen LogP contribution is -2.59. The molecule has 30 heavy (non-hydrogen) atoms. The molecule has 5 unspecified atom stereocenters. The van der Waals surface area contributed by atoms with Crippen LogP contribution in [-0.2, 0) is 14.4 Å². The standard InChI is InChI=1S/C21H25Cl3N2O4/c1-4-6-7-26-18(27)14-15(19(26)28)21(20(29)30,10(3)5-2)25-17(14)12-8-11(22)9-13(23)16(12)24/h8-10,14-15,17,25H,4-7H2,1-3H3,(H,29,30). The van der Waals surface area contributed by atoms with E-state index in [1.54, 1.807) is 13.0 Å². The number of fused-ring (bicyclic) bond motifs is 1. The first-order valence-electron chi connectivity index (χ1n) is 10.1. The predicted molar refractivity (Wildman–Crippen MR) is 116 cm³/mol. The normalized spacial score (nSPS) is 29.4. The van der Waals surface area contributed by atoms with Crippen molar-refractivity contribution in [2.45, 2.75) is 51.6 Å². The lowest BCUT2D eigenvalue weighted by molar-refractivity contribution is -0.154. The van der Waals surface area contributed by atoms with E-state index in [9.17, 15) is 19.5 Å². The lowest BCUT2D eigenvalue weighted by atomic mass is 9.72. The number of halogens is 3. The molecule has 2 heterocycles. The average Bonchev–Trinajstić information content (AvgIpc) is 3.18. The molecule has 0 saturated carbocycles. The zero-order valence-corrected chi connectivity index (χ0v) is 19.3. The minimum absolute atomic E-state index is 0.190. The molecule has 6 nitrogen and oxygen atoms in total. The maximum absolute atomic E-state index is 13.4. The topological polar surface area (TPSA) is 86.7 Å². The highest BCUT2D eigenvalue weighted by molar-refractivity contribution is 6.43. The third-order valence-corrected chi connectivity index (χ3v) is 7.56. The highest BCUT2D eigenvalue weighted by atomic mass is 35.5. The molecule has 0 bridgehead atoms. The van der Waals surface area contributed by atoms with Crippen LogP contribution in [0, 0.1) is 17.8 Å². The maximum Gasteiger partial charge on any atom is 0.325 e. The summed E-state index contributed by atoms with van der Waals surface area (Å²) in [7, 11) is 0. The Balaban J connectivity index is 2.20. The van der Waals surface area contributed by atoms with Crippen LogP contribution in [-0.4, -0.2) is 39.9 Å². The molecule has 2 aliphatic heterocycles. The van der Waals surface area contributed by atoms with Gasteiger partial charge in [-0.2, -0.15) is 0 Å². The third kappa shape index (κ3) is 3.42. The summed E-state index contributed by atoms with van der Waals surface area (Å²) in [4.78, 5) is 40.5. The van der Waals surface area contributed by atoms with Gasteiger partial charge in [0.15, 0.2) is 0 Å². The van der Waals surface area contributed by atoms with E-state index in [1.165, 1.54) is 11.0 Å². The van der Waals surface area contributed by atoms with Crippen LogP contribution in [0.2, 0.25) is 15.1 Å². The summed E-state index contributed by atoms with van der Waals surface area (Å²) in [6.45, 7) is 5.87. The summed E-state index contributed by atoms with van der Waals surface area (Å²) >= 11 is 18.8. The number of carbonyl (C=O) groups excluding carboxylic acids is 2. The number of hydrogen-bond acceptors (Lipinski definition) is 4. The summed E-state index contributed by atoms with van der Waals surface area (Å²) < 4.78 is 0. The number of unbranched alkanes of at least 4 members (excludes halogenated alkanes) is 1. The summed E-state index contributed by atoms with van der Waals surface area (Å²) in [5, 5.41) is 14.1. The largest absolute Gasteiger partial charge is 0.480 e. The first-order valence-corrected chi connectivity index (χ1v) is 11.3.